The first-order valence-corrected chi connectivity index (χ1v) is 6.71. The molecule has 0 amide bonds. The molecule has 2 aromatic rings. The van der Waals surface area contributed by atoms with E-state index in [-0.39, 0.29) is 40.1 Å². The summed E-state index contributed by atoms with van der Waals surface area (Å²) < 4.78 is 5.73. The molecule has 0 aliphatic heterocycles. The van der Waals surface area contributed by atoms with Crippen molar-refractivity contribution in [2.75, 3.05) is 6.61 Å². The van der Waals surface area contributed by atoms with Crippen LogP contribution in [0.25, 0.3) is 0 Å². The van der Waals surface area contributed by atoms with Crippen LogP contribution in [0.2, 0.25) is 0 Å². The van der Waals surface area contributed by atoms with Gasteiger partial charge in [-0.1, -0.05) is 30.2 Å². The number of aryl methyl sites for hydroxylation is 2. The summed E-state index contributed by atoms with van der Waals surface area (Å²) >= 11 is 0. The zero-order valence-electron chi connectivity index (χ0n) is 13.0. The van der Waals surface area contributed by atoms with Gasteiger partial charge in [-0.3, -0.25) is 4.98 Å². The maximum atomic E-state index is 5.73. The van der Waals surface area contributed by atoms with Crippen LogP contribution in [-0.4, -0.2) is 11.6 Å². The fourth-order valence-electron chi connectivity index (χ4n) is 1.97. The molecule has 0 fully saturated rings. The molecule has 1 aromatic heterocycles. The zero-order chi connectivity index (χ0) is 13.5. The Morgan fingerprint density at radius 3 is 2.38 bits per heavy atom. The first-order chi connectivity index (χ1) is 9.28. The van der Waals surface area contributed by atoms with Crippen molar-refractivity contribution < 1.29 is 37.4 Å². The second-order valence-electron chi connectivity index (χ2n) is 4.62. The van der Waals surface area contributed by atoms with Crippen LogP contribution in [0.3, 0.4) is 0 Å². The maximum Gasteiger partial charge on any atom is 0.119 e. The van der Waals surface area contributed by atoms with Gasteiger partial charge in [0.05, 0.1) is 6.61 Å². The number of hydrogen-bond acceptors (Lipinski definition) is 2. The summed E-state index contributed by atoms with van der Waals surface area (Å²) in [4.78, 5) is 4.46. The minimum Gasteiger partial charge on any atom is -0.493 e. The van der Waals surface area contributed by atoms with Gasteiger partial charge < -0.3 is 19.1 Å². The topological polar surface area (TPSA) is 22.1 Å². The molecule has 1 radical (unpaired) electrons. The largest absolute Gasteiger partial charge is 0.493 e. The Balaban J connectivity index is 0.00000200. The number of pyridine rings is 1. The second-order valence-corrected chi connectivity index (χ2v) is 4.62. The molecule has 21 heavy (non-hydrogen) atoms. The number of hydrogen-bond donors (Lipinski definition) is 0. The zero-order valence-corrected chi connectivity index (χ0v) is 15.8. The summed E-state index contributed by atoms with van der Waals surface area (Å²) in [5.74, 6) is 0.917. The number of benzene rings is 1. The Labute approximate surface area is 154 Å². The molecule has 111 valence electrons. The SMILES string of the molecule is [CH2-]CCc1ccc(OCCc2cccc(C)n2)cc1.[CH3-].[Y]. The fraction of sp³-hybridized carbons (Fsp3) is 0.278. The van der Waals surface area contributed by atoms with Gasteiger partial charge in [-0.05, 0) is 31.2 Å². The van der Waals surface area contributed by atoms with E-state index in [9.17, 15) is 0 Å². The monoisotopic (exact) mass is 358 g/mol. The number of nitrogens with zero attached hydrogens (tertiary/aromatic N) is 1. The molecule has 0 unspecified atom stereocenters. The van der Waals surface area contributed by atoms with Crippen LogP contribution in [-0.2, 0) is 45.6 Å². The van der Waals surface area contributed by atoms with E-state index in [1.807, 2.05) is 37.3 Å². The molecule has 0 aliphatic rings. The molecular formula is C18H23NOY-2. The van der Waals surface area contributed by atoms with Crippen molar-refractivity contribution in [2.45, 2.75) is 26.2 Å². The van der Waals surface area contributed by atoms with Gasteiger partial charge in [-0.2, -0.15) is 6.42 Å². The fourth-order valence-corrected chi connectivity index (χ4v) is 1.97. The Bertz CT molecular complexity index is 511. The third kappa shape index (κ3) is 7.19. The van der Waals surface area contributed by atoms with Gasteiger partial charge in [-0.15, -0.1) is 0 Å². The second kappa shape index (κ2) is 10.9. The van der Waals surface area contributed by atoms with E-state index in [0.717, 1.165) is 36.4 Å². The van der Waals surface area contributed by atoms with Gasteiger partial charge >= 0.3 is 0 Å². The molecule has 1 heterocycles. The van der Waals surface area contributed by atoms with Crippen molar-refractivity contribution in [3.63, 3.8) is 0 Å². The van der Waals surface area contributed by atoms with E-state index in [1.165, 1.54) is 5.56 Å². The molecule has 0 aliphatic carbocycles. The van der Waals surface area contributed by atoms with Gasteiger partial charge in [0.25, 0.3) is 0 Å². The van der Waals surface area contributed by atoms with Crippen molar-refractivity contribution in [1.29, 1.82) is 0 Å². The number of aromatic nitrogens is 1. The van der Waals surface area contributed by atoms with Crippen molar-refractivity contribution in [3.05, 3.63) is 73.8 Å². The van der Waals surface area contributed by atoms with E-state index >= 15 is 0 Å². The van der Waals surface area contributed by atoms with E-state index in [4.69, 9.17) is 4.74 Å². The average Bonchev–Trinajstić information content (AvgIpc) is 2.41. The van der Waals surface area contributed by atoms with E-state index in [2.05, 4.69) is 24.0 Å². The molecule has 0 N–H and O–H groups in total. The Morgan fingerprint density at radius 1 is 1.05 bits per heavy atom. The molecule has 3 heteroatoms. The van der Waals surface area contributed by atoms with E-state index in [0.29, 0.717) is 6.61 Å². The first-order valence-electron chi connectivity index (χ1n) is 6.71. The number of rotatable bonds is 6. The van der Waals surface area contributed by atoms with Crippen molar-refractivity contribution in [2.24, 2.45) is 0 Å². The summed E-state index contributed by atoms with van der Waals surface area (Å²) in [5.41, 5.74) is 3.44. The van der Waals surface area contributed by atoms with Gasteiger partial charge in [0.1, 0.15) is 5.75 Å². The van der Waals surface area contributed by atoms with Crippen LogP contribution >= 0.6 is 0 Å². The quantitative estimate of drug-likeness (QED) is 0.721. The average molecular weight is 358 g/mol. The van der Waals surface area contributed by atoms with E-state index in [1.54, 1.807) is 0 Å². The molecule has 0 saturated carbocycles. The Hall–Kier alpha value is -0.726. The first kappa shape index (κ1) is 20.3. The van der Waals surface area contributed by atoms with Crippen LogP contribution < -0.4 is 4.74 Å². The molecule has 0 bridgehead atoms. The summed E-state index contributed by atoms with van der Waals surface area (Å²) in [5, 5.41) is 0. The van der Waals surface area contributed by atoms with E-state index < -0.39 is 0 Å². The maximum absolute atomic E-state index is 5.73. The third-order valence-electron chi connectivity index (χ3n) is 2.96. The van der Waals surface area contributed by atoms with Gasteiger partial charge in [0.15, 0.2) is 0 Å². The van der Waals surface area contributed by atoms with Crippen LogP contribution in [0.4, 0.5) is 0 Å². The standard InChI is InChI=1S/C17H20NO.CH3.Y/c1-3-5-15-8-10-17(11-9-15)19-13-12-16-7-4-6-14(2)18-16;;/h4,6-11H,1,3,5,12-13H2,2H3;1H3;/q2*-1;. The van der Waals surface area contributed by atoms with Crippen LogP contribution in [0.15, 0.2) is 42.5 Å². The predicted octanol–water partition coefficient (Wildman–Crippen LogP) is 4.23. The normalized spacial score (nSPS) is 9.43. The Morgan fingerprint density at radius 2 is 1.76 bits per heavy atom. The van der Waals surface area contributed by atoms with Gasteiger partial charge in [-0.25, -0.2) is 0 Å². The molecule has 1 aromatic carbocycles. The summed E-state index contributed by atoms with van der Waals surface area (Å²) in [6.07, 6.45) is 2.79. The minimum atomic E-state index is 0. The molecule has 2 rings (SSSR count). The summed E-state index contributed by atoms with van der Waals surface area (Å²) in [7, 11) is 0. The Kier molecular flexibility index (Phi) is 10.5. The van der Waals surface area contributed by atoms with Crippen molar-refractivity contribution in [3.8, 4) is 5.75 Å². The third-order valence-corrected chi connectivity index (χ3v) is 2.96. The smallest absolute Gasteiger partial charge is 0.119 e. The minimum absolute atomic E-state index is 0. The molecule has 0 spiro atoms. The van der Waals surface area contributed by atoms with Gasteiger partial charge in [0, 0.05) is 50.5 Å². The molecule has 0 atom stereocenters. The van der Waals surface area contributed by atoms with Crippen molar-refractivity contribution >= 4 is 0 Å². The molecule has 0 saturated heterocycles. The van der Waals surface area contributed by atoms with Crippen LogP contribution in [0, 0.1) is 21.3 Å². The van der Waals surface area contributed by atoms with Crippen LogP contribution in [0.1, 0.15) is 23.4 Å². The van der Waals surface area contributed by atoms with Gasteiger partial charge in [0.2, 0.25) is 0 Å². The summed E-state index contributed by atoms with van der Waals surface area (Å²) in [6.45, 7) is 6.52. The number of ether oxygens (including phenoxy) is 1. The molecular weight excluding hydrogens is 335 g/mol. The predicted molar refractivity (Wildman–Crippen MR) is 84.7 cm³/mol. The van der Waals surface area contributed by atoms with Crippen molar-refractivity contribution in [1.82, 2.24) is 4.98 Å². The van der Waals surface area contributed by atoms with Crippen LogP contribution in [0.5, 0.6) is 5.75 Å². The summed E-state index contributed by atoms with van der Waals surface area (Å²) in [6, 6.07) is 14.3. The molecule has 2 nitrogen and oxygen atoms in total.